The van der Waals surface area contributed by atoms with Crippen molar-refractivity contribution in [1.29, 1.82) is 0 Å². The van der Waals surface area contributed by atoms with E-state index in [1.165, 1.54) is 11.3 Å². The van der Waals surface area contributed by atoms with Gasteiger partial charge in [0.05, 0.1) is 19.9 Å². The lowest BCUT2D eigenvalue weighted by molar-refractivity contribution is 0.102. The first-order valence-electron chi connectivity index (χ1n) is 8.51. The summed E-state index contributed by atoms with van der Waals surface area (Å²) in [6.07, 6.45) is 0. The molecule has 0 aliphatic carbocycles. The number of rotatable bonds is 5. The molecule has 1 aromatic heterocycles. The molecule has 1 heterocycles. The molecule has 0 atom stereocenters. The van der Waals surface area contributed by atoms with E-state index in [1.807, 2.05) is 57.2 Å². The van der Waals surface area contributed by atoms with Gasteiger partial charge in [0, 0.05) is 11.3 Å². The number of ether oxygens (including phenoxy) is 2. The predicted octanol–water partition coefficient (Wildman–Crippen LogP) is 5.00. The number of hydrogen-bond donors (Lipinski definition) is 1. The number of amides is 1. The summed E-state index contributed by atoms with van der Waals surface area (Å²) < 4.78 is 10.6. The molecule has 0 radical (unpaired) electrons. The number of methoxy groups -OCH3 is 2. The van der Waals surface area contributed by atoms with Crippen LogP contribution in [0.15, 0.2) is 36.4 Å². The fourth-order valence-corrected chi connectivity index (χ4v) is 3.71. The monoisotopic (exact) mass is 382 g/mol. The van der Waals surface area contributed by atoms with E-state index in [0.717, 1.165) is 27.4 Å². The third-order valence-electron chi connectivity index (χ3n) is 4.27. The first-order chi connectivity index (χ1) is 12.9. The SMILES string of the molecule is COc1ccc(-c2nc(C)c(C(=O)Nc3cc(C)ccc3C)s2)cc1OC. The van der Waals surface area contributed by atoms with Crippen LogP contribution in [0.3, 0.4) is 0 Å². The number of carbonyl (C=O) groups is 1. The zero-order chi connectivity index (χ0) is 19.6. The van der Waals surface area contributed by atoms with Crippen LogP contribution in [0.25, 0.3) is 10.6 Å². The van der Waals surface area contributed by atoms with E-state index in [0.29, 0.717) is 22.1 Å². The summed E-state index contributed by atoms with van der Waals surface area (Å²) >= 11 is 1.36. The Balaban J connectivity index is 1.90. The smallest absolute Gasteiger partial charge is 0.267 e. The summed E-state index contributed by atoms with van der Waals surface area (Å²) in [7, 11) is 3.19. The summed E-state index contributed by atoms with van der Waals surface area (Å²) in [5.74, 6) is 1.14. The molecule has 6 heteroatoms. The molecule has 2 aromatic carbocycles. The quantitative estimate of drug-likeness (QED) is 0.674. The van der Waals surface area contributed by atoms with Gasteiger partial charge >= 0.3 is 0 Å². The van der Waals surface area contributed by atoms with E-state index in [9.17, 15) is 4.79 Å². The van der Waals surface area contributed by atoms with Gasteiger partial charge in [-0.1, -0.05) is 12.1 Å². The lowest BCUT2D eigenvalue weighted by Crippen LogP contribution is -2.12. The maximum Gasteiger partial charge on any atom is 0.267 e. The van der Waals surface area contributed by atoms with Crippen LogP contribution in [0.2, 0.25) is 0 Å². The second-order valence-electron chi connectivity index (χ2n) is 6.28. The average molecular weight is 382 g/mol. The van der Waals surface area contributed by atoms with Crippen molar-refractivity contribution in [1.82, 2.24) is 4.98 Å². The van der Waals surface area contributed by atoms with Crippen LogP contribution in [-0.4, -0.2) is 25.1 Å². The number of hydrogen-bond acceptors (Lipinski definition) is 5. The zero-order valence-corrected chi connectivity index (χ0v) is 16.9. The maximum absolute atomic E-state index is 12.8. The minimum absolute atomic E-state index is 0.148. The van der Waals surface area contributed by atoms with Crippen molar-refractivity contribution in [2.45, 2.75) is 20.8 Å². The molecule has 0 aliphatic rings. The molecule has 0 saturated heterocycles. The summed E-state index contributed by atoms with van der Waals surface area (Å²) in [6, 6.07) is 11.6. The first kappa shape index (κ1) is 18.9. The van der Waals surface area contributed by atoms with E-state index in [4.69, 9.17) is 9.47 Å². The highest BCUT2D eigenvalue weighted by atomic mass is 32.1. The van der Waals surface area contributed by atoms with Gasteiger partial charge in [0.25, 0.3) is 5.91 Å². The molecule has 3 rings (SSSR count). The van der Waals surface area contributed by atoms with Crippen LogP contribution >= 0.6 is 11.3 Å². The Morgan fingerprint density at radius 3 is 2.44 bits per heavy atom. The molecule has 0 spiro atoms. The van der Waals surface area contributed by atoms with Gasteiger partial charge in [0.2, 0.25) is 0 Å². The molecule has 1 N–H and O–H groups in total. The van der Waals surface area contributed by atoms with Crippen LogP contribution < -0.4 is 14.8 Å². The van der Waals surface area contributed by atoms with Crippen molar-refractivity contribution in [2.24, 2.45) is 0 Å². The Morgan fingerprint density at radius 2 is 1.74 bits per heavy atom. The molecule has 3 aromatic rings. The normalized spacial score (nSPS) is 10.6. The van der Waals surface area contributed by atoms with Crippen molar-refractivity contribution < 1.29 is 14.3 Å². The van der Waals surface area contributed by atoms with Crippen molar-refractivity contribution in [3.05, 3.63) is 58.1 Å². The number of carbonyl (C=O) groups excluding carboxylic acids is 1. The van der Waals surface area contributed by atoms with Gasteiger partial charge < -0.3 is 14.8 Å². The summed E-state index contributed by atoms with van der Waals surface area (Å²) in [4.78, 5) is 18.0. The van der Waals surface area contributed by atoms with Crippen LogP contribution in [0.5, 0.6) is 11.5 Å². The van der Waals surface area contributed by atoms with Gasteiger partial charge in [-0.2, -0.15) is 0 Å². The number of nitrogens with one attached hydrogen (secondary N) is 1. The maximum atomic E-state index is 12.8. The standard InChI is InChI=1S/C21H22N2O3S/c1-12-6-7-13(2)16(10-12)23-20(24)19-14(3)22-21(27-19)15-8-9-17(25-4)18(11-15)26-5/h6-11H,1-5H3,(H,23,24). The van der Waals surface area contributed by atoms with Gasteiger partial charge in [0.1, 0.15) is 9.88 Å². The minimum Gasteiger partial charge on any atom is -0.493 e. The van der Waals surface area contributed by atoms with Gasteiger partial charge in [-0.05, 0) is 56.2 Å². The van der Waals surface area contributed by atoms with E-state index in [1.54, 1.807) is 14.2 Å². The largest absolute Gasteiger partial charge is 0.493 e. The Labute approximate surface area is 163 Å². The summed E-state index contributed by atoms with van der Waals surface area (Å²) in [5, 5.41) is 3.76. The van der Waals surface area contributed by atoms with Gasteiger partial charge in [-0.3, -0.25) is 4.79 Å². The molecule has 5 nitrogen and oxygen atoms in total. The molecule has 0 fully saturated rings. The van der Waals surface area contributed by atoms with Crippen LogP contribution in [0, 0.1) is 20.8 Å². The van der Waals surface area contributed by atoms with Crippen molar-refractivity contribution >= 4 is 22.9 Å². The highest BCUT2D eigenvalue weighted by Gasteiger charge is 2.18. The van der Waals surface area contributed by atoms with Crippen molar-refractivity contribution in [3.8, 4) is 22.1 Å². The number of nitrogens with zero attached hydrogens (tertiary/aromatic N) is 1. The number of benzene rings is 2. The second kappa shape index (κ2) is 7.80. The van der Waals surface area contributed by atoms with Gasteiger partial charge in [-0.25, -0.2) is 4.98 Å². The molecule has 140 valence electrons. The molecular formula is C21H22N2O3S. The Kier molecular flexibility index (Phi) is 5.46. The van der Waals surface area contributed by atoms with Crippen LogP contribution in [0.4, 0.5) is 5.69 Å². The summed E-state index contributed by atoms with van der Waals surface area (Å²) in [6.45, 7) is 5.82. The highest BCUT2D eigenvalue weighted by Crippen LogP contribution is 2.35. The predicted molar refractivity (Wildman–Crippen MR) is 109 cm³/mol. The third-order valence-corrected chi connectivity index (χ3v) is 5.48. The Hall–Kier alpha value is -2.86. The van der Waals surface area contributed by atoms with E-state index >= 15 is 0 Å². The van der Waals surface area contributed by atoms with E-state index in [2.05, 4.69) is 10.3 Å². The Bertz CT molecular complexity index is 995. The van der Waals surface area contributed by atoms with Crippen LogP contribution in [0.1, 0.15) is 26.5 Å². The third kappa shape index (κ3) is 3.95. The number of aromatic nitrogens is 1. The lowest BCUT2D eigenvalue weighted by atomic mass is 10.1. The summed E-state index contributed by atoms with van der Waals surface area (Å²) in [5.41, 5.74) is 4.53. The van der Waals surface area contributed by atoms with Gasteiger partial charge in [0.15, 0.2) is 11.5 Å². The molecule has 0 aliphatic heterocycles. The topological polar surface area (TPSA) is 60.5 Å². The molecule has 1 amide bonds. The van der Waals surface area contributed by atoms with E-state index < -0.39 is 0 Å². The number of anilines is 1. The minimum atomic E-state index is -0.148. The number of aryl methyl sites for hydroxylation is 3. The average Bonchev–Trinajstić information content (AvgIpc) is 3.06. The second-order valence-corrected chi connectivity index (χ2v) is 7.27. The first-order valence-corrected chi connectivity index (χ1v) is 9.33. The highest BCUT2D eigenvalue weighted by molar-refractivity contribution is 7.17. The molecular weight excluding hydrogens is 360 g/mol. The van der Waals surface area contributed by atoms with E-state index in [-0.39, 0.29) is 5.91 Å². The lowest BCUT2D eigenvalue weighted by Gasteiger charge is -2.08. The molecule has 27 heavy (non-hydrogen) atoms. The Morgan fingerprint density at radius 1 is 1.00 bits per heavy atom. The van der Waals surface area contributed by atoms with Crippen molar-refractivity contribution in [2.75, 3.05) is 19.5 Å². The van der Waals surface area contributed by atoms with Crippen LogP contribution in [-0.2, 0) is 0 Å². The number of thiazole rings is 1. The van der Waals surface area contributed by atoms with Crippen molar-refractivity contribution in [3.63, 3.8) is 0 Å². The molecule has 0 bridgehead atoms. The molecule has 0 saturated carbocycles. The molecule has 0 unspecified atom stereocenters. The fourth-order valence-electron chi connectivity index (χ4n) is 2.75. The zero-order valence-electron chi connectivity index (χ0n) is 16.0. The fraction of sp³-hybridized carbons (Fsp3) is 0.238. The van der Waals surface area contributed by atoms with Gasteiger partial charge in [-0.15, -0.1) is 11.3 Å².